The zero-order valence-corrected chi connectivity index (χ0v) is 8.51. The van der Waals surface area contributed by atoms with E-state index in [4.69, 9.17) is 9.68 Å². The normalized spacial score (nSPS) is 10.1. The van der Waals surface area contributed by atoms with Crippen LogP contribution in [0.5, 0.6) is 0 Å². The van der Waals surface area contributed by atoms with Crippen molar-refractivity contribution in [2.45, 2.75) is 6.42 Å². The maximum Gasteiger partial charge on any atom is 0.246 e. The Morgan fingerprint density at radius 3 is 3.13 bits per heavy atom. The van der Waals surface area contributed by atoms with Crippen LogP contribution in [0.1, 0.15) is 12.2 Å². The molecule has 1 aromatic heterocycles. The summed E-state index contributed by atoms with van der Waals surface area (Å²) in [4.78, 5) is 12.9. The maximum absolute atomic E-state index is 11.4. The molecule has 0 saturated carbocycles. The fourth-order valence-electron chi connectivity index (χ4n) is 0.995. The molecule has 4 heteroatoms. The molecule has 0 aliphatic rings. The lowest BCUT2D eigenvalue weighted by molar-refractivity contribution is -0.124. The lowest BCUT2D eigenvalue weighted by Crippen LogP contribution is -2.25. The van der Waals surface area contributed by atoms with Gasteiger partial charge in [0.05, 0.1) is 18.8 Å². The summed E-state index contributed by atoms with van der Waals surface area (Å²) >= 11 is 0. The van der Waals surface area contributed by atoms with Gasteiger partial charge in [0.1, 0.15) is 5.76 Å². The standard InChI is InChI=1S/C11H12N2O2/c1-13(8-3-7-12)11(14)6-5-10-4-2-9-15-10/h2,4-6,9H,3,8H2,1H3/b6-5-. The first-order valence-corrected chi connectivity index (χ1v) is 4.57. The second kappa shape index (κ2) is 5.66. The van der Waals surface area contributed by atoms with Crippen LogP contribution in [0.25, 0.3) is 6.08 Å². The Labute approximate surface area is 88.4 Å². The van der Waals surface area contributed by atoms with Crippen LogP contribution < -0.4 is 0 Å². The van der Waals surface area contributed by atoms with Crippen LogP contribution >= 0.6 is 0 Å². The molecule has 1 rings (SSSR count). The molecule has 0 radical (unpaired) electrons. The van der Waals surface area contributed by atoms with Gasteiger partial charge in [0, 0.05) is 19.7 Å². The van der Waals surface area contributed by atoms with E-state index in [0.29, 0.717) is 18.7 Å². The first-order valence-electron chi connectivity index (χ1n) is 4.57. The van der Waals surface area contributed by atoms with Crippen LogP contribution in [0.2, 0.25) is 0 Å². The fraction of sp³-hybridized carbons (Fsp3) is 0.273. The molecule has 0 fully saturated rings. The molecule has 15 heavy (non-hydrogen) atoms. The summed E-state index contributed by atoms with van der Waals surface area (Å²) in [6.45, 7) is 0.442. The first-order chi connectivity index (χ1) is 7.24. The second-order valence-electron chi connectivity index (χ2n) is 3.02. The van der Waals surface area contributed by atoms with Gasteiger partial charge in [-0.3, -0.25) is 4.79 Å². The number of carbonyl (C=O) groups excluding carboxylic acids is 1. The van der Waals surface area contributed by atoms with Crippen molar-refractivity contribution in [1.82, 2.24) is 4.90 Å². The third-order valence-corrected chi connectivity index (χ3v) is 1.87. The summed E-state index contributed by atoms with van der Waals surface area (Å²) in [6.07, 6.45) is 4.92. The number of hydrogen-bond donors (Lipinski definition) is 0. The molecule has 0 saturated heterocycles. The zero-order valence-electron chi connectivity index (χ0n) is 8.51. The van der Waals surface area contributed by atoms with Crippen molar-refractivity contribution in [2.75, 3.05) is 13.6 Å². The van der Waals surface area contributed by atoms with Crippen LogP contribution in [0, 0.1) is 11.3 Å². The van der Waals surface area contributed by atoms with Crippen LogP contribution in [0.3, 0.4) is 0 Å². The summed E-state index contributed by atoms with van der Waals surface area (Å²) in [6, 6.07) is 5.50. The molecule has 0 atom stereocenters. The first kappa shape index (κ1) is 11.1. The fourth-order valence-corrected chi connectivity index (χ4v) is 0.995. The van der Waals surface area contributed by atoms with Crippen molar-refractivity contribution in [3.05, 3.63) is 30.2 Å². The monoisotopic (exact) mass is 204 g/mol. The molecule has 4 nitrogen and oxygen atoms in total. The topological polar surface area (TPSA) is 57.2 Å². The molecule has 1 aromatic rings. The highest BCUT2D eigenvalue weighted by molar-refractivity contribution is 5.91. The highest BCUT2D eigenvalue weighted by atomic mass is 16.3. The molecule has 0 N–H and O–H groups in total. The van der Waals surface area contributed by atoms with E-state index in [1.165, 1.54) is 11.0 Å². The van der Waals surface area contributed by atoms with Gasteiger partial charge in [-0.1, -0.05) is 0 Å². The highest BCUT2D eigenvalue weighted by Crippen LogP contribution is 2.02. The minimum atomic E-state index is -0.137. The van der Waals surface area contributed by atoms with Crippen molar-refractivity contribution >= 4 is 12.0 Å². The van der Waals surface area contributed by atoms with Gasteiger partial charge in [-0.05, 0) is 18.2 Å². The largest absolute Gasteiger partial charge is 0.465 e. The summed E-state index contributed by atoms with van der Waals surface area (Å²) < 4.78 is 5.03. The van der Waals surface area contributed by atoms with Crippen molar-refractivity contribution in [3.63, 3.8) is 0 Å². The van der Waals surface area contributed by atoms with Crippen LogP contribution in [0.15, 0.2) is 28.9 Å². The van der Waals surface area contributed by atoms with Gasteiger partial charge in [0.25, 0.3) is 0 Å². The van der Waals surface area contributed by atoms with E-state index in [0.717, 1.165) is 0 Å². The molecule has 0 bridgehead atoms. The van der Waals surface area contributed by atoms with E-state index in [9.17, 15) is 4.79 Å². The lowest BCUT2D eigenvalue weighted by Gasteiger charge is -2.11. The number of amides is 1. The Kier molecular flexibility index (Phi) is 4.17. The van der Waals surface area contributed by atoms with Gasteiger partial charge in [-0.15, -0.1) is 0 Å². The predicted octanol–water partition coefficient (Wildman–Crippen LogP) is 1.66. The Bertz CT molecular complexity index is 374. The number of rotatable bonds is 4. The summed E-state index contributed by atoms with van der Waals surface area (Å²) in [5.41, 5.74) is 0. The van der Waals surface area contributed by atoms with Gasteiger partial charge < -0.3 is 9.32 Å². The molecule has 0 aliphatic heterocycles. The van der Waals surface area contributed by atoms with Crippen molar-refractivity contribution < 1.29 is 9.21 Å². The van der Waals surface area contributed by atoms with Crippen LogP contribution in [-0.2, 0) is 4.79 Å². The van der Waals surface area contributed by atoms with E-state index in [1.807, 2.05) is 6.07 Å². The predicted molar refractivity (Wildman–Crippen MR) is 55.6 cm³/mol. The van der Waals surface area contributed by atoms with E-state index < -0.39 is 0 Å². The molecule has 0 aromatic carbocycles. The third kappa shape index (κ3) is 3.69. The van der Waals surface area contributed by atoms with E-state index in [1.54, 1.807) is 31.5 Å². The van der Waals surface area contributed by atoms with Gasteiger partial charge >= 0.3 is 0 Å². The minimum Gasteiger partial charge on any atom is -0.465 e. The van der Waals surface area contributed by atoms with Crippen molar-refractivity contribution in [1.29, 1.82) is 5.26 Å². The van der Waals surface area contributed by atoms with Crippen molar-refractivity contribution in [2.24, 2.45) is 0 Å². The Balaban J connectivity index is 2.45. The van der Waals surface area contributed by atoms with Gasteiger partial charge in [-0.25, -0.2) is 0 Å². The average molecular weight is 204 g/mol. The zero-order chi connectivity index (χ0) is 11.1. The number of likely N-dealkylation sites (N-methyl/N-ethyl adjacent to an activating group) is 1. The molecular formula is C11H12N2O2. The lowest BCUT2D eigenvalue weighted by atomic mass is 10.3. The smallest absolute Gasteiger partial charge is 0.246 e. The van der Waals surface area contributed by atoms with Gasteiger partial charge in [0.2, 0.25) is 5.91 Å². The number of nitriles is 1. The molecule has 0 unspecified atom stereocenters. The van der Waals surface area contributed by atoms with E-state index in [-0.39, 0.29) is 5.91 Å². The van der Waals surface area contributed by atoms with Gasteiger partial charge in [0.15, 0.2) is 0 Å². The Morgan fingerprint density at radius 1 is 1.73 bits per heavy atom. The third-order valence-electron chi connectivity index (χ3n) is 1.87. The molecule has 78 valence electrons. The van der Waals surface area contributed by atoms with E-state index in [2.05, 4.69) is 0 Å². The number of furan rings is 1. The molecular weight excluding hydrogens is 192 g/mol. The molecule has 0 aliphatic carbocycles. The van der Waals surface area contributed by atoms with Crippen LogP contribution in [-0.4, -0.2) is 24.4 Å². The second-order valence-corrected chi connectivity index (χ2v) is 3.02. The van der Waals surface area contributed by atoms with E-state index >= 15 is 0 Å². The Hall–Kier alpha value is -2.02. The molecule has 0 spiro atoms. The average Bonchev–Trinajstić information content (AvgIpc) is 2.75. The SMILES string of the molecule is CN(CCC#N)C(=O)/C=C\c1ccco1. The maximum atomic E-state index is 11.4. The Morgan fingerprint density at radius 2 is 2.53 bits per heavy atom. The highest BCUT2D eigenvalue weighted by Gasteiger charge is 2.03. The summed E-state index contributed by atoms with van der Waals surface area (Å²) in [5, 5.41) is 8.36. The van der Waals surface area contributed by atoms with Gasteiger partial charge in [-0.2, -0.15) is 5.26 Å². The van der Waals surface area contributed by atoms with Crippen LogP contribution in [0.4, 0.5) is 0 Å². The minimum absolute atomic E-state index is 0.137. The quantitative estimate of drug-likeness (QED) is 0.701. The summed E-state index contributed by atoms with van der Waals surface area (Å²) in [5.74, 6) is 0.499. The van der Waals surface area contributed by atoms with Crippen molar-refractivity contribution in [3.8, 4) is 6.07 Å². The number of carbonyl (C=O) groups is 1. The molecule has 1 heterocycles. The summed E-state index contributed by atoms with van der Waals surface area (Å²) in [7, 11) is 1.66. The number of nitrogens with zero attached hydrogens (tertiary/aromatic N) is 2. The molecule has 1 amide bonds. The number of hydrogen-bond acceptors (Lipinski definition) is 3.